The summed E-state index contributed by atoms with van der Waals surface area (Å²) in [6.07, 6.45) is 2.08. The zero-order valence-corrected chi connectivity index (χ0v) is 18.1. The van der Waals surface area contributed by atoms with Crippen LogP contribution in [0.3, 0.4) is 0 Å². The molecule has 30 heavy (non-hydrogen) atoms. The van der Waals surface area contributed by atoms with Crippen molar-refractivity contribution in [3.05, 3.63) is 53.6 Å². The van der Waals surface area contributed by atoms with E-state index in [-0.39, 0.29) is 18.4 Å². The Bertz CT molecular complexity index is 1030. The number of aromatic nitrogens is 1. The summed E-state index contributed by atoms with van der Waals surface area (Å²) in [5.74, 6) is 0.613. The molecule has 2 aromatic heterocycles. The van der Waals surface area contributed by atoms with E-state index in [0.29, 0.717) is 22.8 Å². The van der Waals surface area contributed by atoms with E-state index in [1.165, 1.54) is 0 Å². The number of benzene rings is 1. The molecule has 0 aliphatic carbocycles. The smallest absolute Gasteiger partial charge is 0.255 e. The summed E-state index contributed by atoms with van der Waals surface area (Å²) < 4.78 is 7.59. The molecule has 0 bridgehead atoms. The second-order valence-electron chi connectivity index (χ2n) is 7.37. The van der Waals surface area contributed by atoms with Crippen molar-refractivity contribution in [2.24, 2.45) is 0 Å². The van der Waals surface area contributed by atoms with Crippen LogP contribution >= 0.6 is 0 Å². The van der Waals surface area contributed by atoms with Gasteiger partial charge in [0.1, 0.15) is 11.5 Å². The van der Waals surface area contributed by atoms with E-state index in [1.807, 2.05) is 18.2 Å². The van der Waals surface area contributed by atoms with E-state index in [4.69, 9.17) is 4.42 Å². The largest absolute Gasteiger partial charge is 0.466 e. The van der Waals surface area contributed by atoms with E-state index < -0.39 is 0 Å². The van der Waals surface area contributed by atoms with E-state index >= 15 is 0 Å². The number of carbonyl (C=O) groups is 2. The van der Waals surface area contributed by atoms with Crippen LogP contribution in [-0.2, 0) is 11.3 Å². The van der Waals surface area contributed by atoms with Crippen LogP contribution in [-0.4, -0.2) is 47.5 Å². The fourth-order valence-electron chi connectivity index (χ4n) is 3.58. The highest BCUT2D eigenvalue weighted by atomic mass is 16.3. The molecule has 2 amide bonds. The summed E-state index contributed by atoms with van der Waals surface area (Å²) in [5.41, 5.74) is 2.30. The molecule has 0 unspecified atom stereocenters. The molecule has 0 fully saturated rings. The van der Waals surface area contributed by atoms with E-state index in [2.05, 4.69) is 46.2 Å². The van der Waals surface area contributed by atoms with Crippen molar-refractivity contribution >= 4 is 28.4 Å². The molecule has 0 atom stereocenters. The minimum Gasteiger partial charge on any atom is -0.466 e. The molecule has 1 aromatic carbocycles. The lowest BCUT2D eigenvalue weighted by Crippen LogP contribution is -2.32. The van der Waals surface area contributed by atoms with Gasteiger partial charge in [0.2, 0.25) is 5.91 Å². The number of carbonyl (C=O) groups excluding carboxylic acids is 2. The van der Waals surface area contributed by atoms with Crippen LogP contribution in [0.4, 0.5) is 5.69 Å². The van der Waals surface area contributed by atoms with Crippen molar-refractivity contribution in [1.29, 1.82) is 0 Å². The molecule has 0 aliphatic heterocycles. The SMILES string of the molecule is CCN(CC)CCn1ccc2cc(NC(=O)CNC(=O)c3cc(C)oc3C)ccc21. The van der Waals surface area contributed by atoms with Crippen molar-refractivity contribution in [3.8, 4) is 0 Å². The zero-order valence-electron chi connectivity index (χ0n) is 18.1. The molecule has 2 heterocycles. The van der Waals surface area contributed by atoms with Gasteiger partial charge in [-0.2, -0.15) is 0 Å². The predicted molar refractivity (Wildman–Crippen MR) is 119 cm³/mol. The number of hydrogen-bond donors (Lipinski definition) is 2. The summed E-state index contributed by atoms with van der Waals surface area (Å²) in [4.78, 5) is 26.9. The Balaban J connectivity index is 1.57. The van der Waals surface area contributed by atoms with E-state index in [9.17, 15) is 9.59 Å². The highest BCUT2D eigenvalue weighted by molar-refractivity contribution is 6.00. The number of nitrogens with one attached hydrogen (secondary N) is 2. The average Bonchev–Trinajstić information content (AvgIpc) is 3.28. The van der Waals surface area contributed by atoms with Gasteiger partial charge in [-0.05, 0) is 57.3 Å². The van der Waals surface area contributed by atoms with Crippen LogP contribution in [0.1, 0.15) is 35.7 Å². The standard InChI is InChI=1S/C23H30N4O3/c1-5-26(6-2)11-12-27-10-9-18-14-19(7-8-21(18)27)25-22(28)15-24-23(29)20-13-16(3)30-17(20)4/h7-10,13-14H,5-6,11-12,15H2,1-4H3,(H,24,29)(H,25,28). The lowest BCUT2D eigenvalue weighted by atomic mass is 10.2. The predicted octanol–water partition coefficient (Wildman–Crippen LogP) is 3.56. The fraction of sp³-hybridized carbons (Fsp3) is 0.391. The Kier molecular flexibility index (Phi) is 6.95. The van der Waals surface area contributed by atoms with Crippen molar-refractivity contribution in [2.45, 2.75) is 34.2 Å². The summed E-state index contributed by atoms with van der Waals surface area (Å²) in [6.45, 7) is 11.8. The second-order valence-corrected chi connectivity index (χ2v) is 7.37. The van der Waals surface area contributed by atoms with Crippen LogP contribution in [0.25, 0.3) is 10.9 Å². The number of amides is 2. The number of hydrogen-bond acceptors (Lipinski definition) is 4. The van der Waals surface area contributed by atoms with Crippen molar-refractivity contribution < 1.29 is 14.0 Å². The average molecular weight is 411 g/mol. The van der Waals surface area contributed by atoms with Crippen molar-refractivity contribution in [3.63, 3.8) is 0 Å². The van der Waals surface area contributed by atoms with Gasteiger partial charge < -0.3 is 24.5 Å². The quantitative estimate of drug-likeness (QED) is 0.565. The van der Waals surface area contributed by atoms with Gasteiger partial charge in [0.15, 0.2) is 0 Å². The molecule has 0 radical (unpaired) electrons. The molecule has 0 aliphatic rings. The minimum absolute atomic E-state index is 0.106. The zero-order chi connectivity index (χ0) is 21.7. The third kappa shape index (κ3) is 5.10. The first-order valence-corrected chi connectivity index (χ1v) is 10.4. The van der Waals surface area contributed by atoms with Crippen LogP contribution < -0.4 is 10.6 Å². The maximum atomic E-state index is 12.3. The number of furan rings is 1. The summed E-state index contributed by atoms with van der Waals surface area (Å²) in [7, 11) is 0. The van der Waals surface area contributed by atoms with Gasteiger partial charge in [0.25, 0.3) is 5.91 Å². The van der Waals surface area contributed by atoms with Gasteiger partial charge in [-0.25, -0.2) is 0 Å². The molecule has 7 heteroatoms. The molecule has 160 valence electrons. The van der Waals surface area contributed by atoms with Gasteiger partial charge >= 0.3 is 0 Å². The fourth-order valence-corrected chi connectivity index (χ4v) is 3.58. The summed E-state index contributed by atoms with van der Waals surface area (Å²) >= 11 is 0. The Morgan fingerprint density at radius 2 is 1.87 bits per heavy atom. The number of fused-ring (bicyclic) bond motifs is 1. The lowest BCUT2D eigenvalue weighted by molar-refractivity contribution is -0.115. The molecule has 3 aromatic rings. The molecule has 0 saturated carbocycles. The molecule has 7 nitrogen and oxygen atoms in total. The lowest BCUT2D eigenvalue weighted by Gasteiger charge is -2.18. The topological polar surface area (TPSA) is 79.5 Å². The maximum absolute atomic E-state index is 12.3. The van der Waals surface area contributed by atoms with Crippen LogP contribution in [0.2, 0.25) is 0 Å². The van der Waals surface area contributed by atoms with Crippen LogP contribution in [0, 0.1) is 13.8 Å². The van der Waals surface area contributed by atoms with Crippen molar-refractivity contribution in [1.82, 2.24) is 14.8 Å². The van der Waals surface area contributed by atoms with Gasteiger partial charge in [-0.15, -0.1) is 0 Å². The van der Waals surface area contributed by atoms with Crippen molar-refractivity contribution in [2.75, 3.05) is 31.5 Å². The van der Waals surface area contributed by atoms with Crippen LogP contribution in [0.5, 0.6) is 0 Å². The molecular weight excluding hydrogens is 380 g/mol. The Labute approximate surface area is 177 Å². The third-order valence-electron chi connectivity index (χ3n) is 5.30. The number of nitrogens with zero attached hydrogens (tertiary/aromatic N) is 2. The first kappa shape index (κ1) is 21.6. The number of rotatable bonds is 9. The monoisotopic (exact) mass is 410 g/mol. The normalized spacial score (nSPS) is 11.2. The van der Waals surface area contributed by atoms with E-state index in [0.717, 1.165) is 37.1 Å². The van der Waals surface area contributed by atoms with Gasteiger partial charge in [0.05, 0.1) is 12.1 Å². The Hall–Kier alpha value is -3.06. The Morgan fingerprint density at radius 3 is 2.53 bits per heavy atom. The van der Waals surface area contributed by atoms with Crippen LogP contribution in [0.15, 0.2) is 40.9 Å². The maximum Gasteiger partial charge on any atom is 0.255 e. The molecule has 0 saturated heterocycles. The third-order valence-corrected chi connectivity index (χ3v) is 5.30. The minimum atomic E-state index is -0.319. The summed E-state index contributed by atoms with van der Waals surface area (Å²) in [5, 5.41) is 6.55. The highest BCUT2D eigenvalue weighted by Crippen LogP contribution is 2.21. The second kappa shape index (κ2) is 9.63. The van der Waals surface area contributed by atoms with Gasteiger partial charge in [0, 0.05) is 35.9 Å². The van der Waals surface area contributed by atoms with E-state index in [1.54, 1.807) is 19.9 Å². The first-order valence-electron chi connectivity index (χ1n) is 10.4. The summed E-state index contributed by atoms with van der Waals surface area (Å²) in [6, 6.07) is 9.58. The molecule has 2 N–H and O–H groups in total. The number of likely N-dealkylation sites (N-methyl/N-ethyl adjacent to an activating group) is 1. The van der Waals surface area contributed by atoms with Gasteiger partial charge in [-0.3, -0.25) is 9.59 Å². The number of anilines is 1. The Morgan fingerprint density at radius 1 is 1.10 bits per heavy atom. The highest BCUT2D eigenvalue weighted by Gasteiger charge is 2.14. The molecular formula is C23H30N4O3. The molecule has 3 rings (SSSR count). The van der Waals surface area contributed by atoms with Gasteiger partial charge in [-0.1, -0.05) is 13.8 Å². The number of aryl methyl sites for hydroxylation is 2. The molecule has 0 spiro atoms. The first-order chi connectivity index (χ1) is 14.4.